The number of hydrogen-bond donors (Lipinski definition) is 2. The minimum Gasteiger partial charge on any atom is -0.476 e. The van der Waals surface area contributed by atoms with Gasteiger partial charge in [0, 0.05) is 16.4 Å². The average molecular weight is 381 g/mol. The molecule has 7 nitrogen and oxygen atoms in total. The Morgan fingerprint density at radius 2 is 2.04 bits per heavy atom. The summed E-state index contributed by atoms with van der Waals surface area (Å²) in [5.74, 6) is -1.43. The molecular weight excluding hydrogens is 364 g/mol. The van der Waals surface area contributed by atoms with Gasteiger partial charge in [-0.1, -0.05) is 53.2 Å². The van der Waals surface area contributed by atoms with Gasteiger partial charge in [0.05, 0.1) is 6.20 Å². The maximum absolute atomic E-state index is 12.0. The Morgan fingerprint density at radius 1 is 1.35 bits per heavy atom. The Labute approximate surface area is 141 Å². The van der Waals surface area contributed by atoms with E-state index in [0.29, 0.717) is 6.54 Å². The number of aromatic nitrogens is 3. The molecule has 1 amide bonds. The average Bonchev–Trinajstić information content (AvgIpc) is 2.94. The van der Waals surface area contributed by atoms with Crippen molar-refractivity contribution in [2.75, 3.05) is 6.54 Å². The molecule has 1 heterocycles. The van der Waals surface area contributed by atoms with Gasteiger partial charge in [0.15, 0.2) is 5.69 Å². The van der Waals surface area contributed by atoms with Gasteiger partial charge in [-0.05, 0) is 11.6 Å². The van der Waals surface area contributed by atoms with Gasteiger partial charge in [-0.15, -0.1) is 5.10 Å². The second kappa shape index (κ2) is 6.91. The van der Waals surface area contributed by atoms with E-state index in [1.165, 1.54) is 10.9 Å². The standard InChI is InChI=1S/C15H17BrN4O3/c1-15(2,10-5-3-4-6-11(10)16)9-17-13(21)8-20-7-12(14(22)23)18-19-20/h3-7H,8-9H2,1-2H3,(H,17,21)(H,22,23). The highest BCUT2D eigenvalue weighted by Crippen LogP contribution is 2.29. The number of hydrogen-bond acceptors (Lipinski definition) is 4. The summed E-state index contributed by atoms with van der Waals surface area (Å²) < 4.78 is 2.19. The second-order valence-electron chi connectivity index (χ2n) is 5.75. The molecule has 0 aliphatic carbocycles. The van der Waals surface area contributed by atoms with Crippen molar-refractivity contribution in [2.24, 2.45) is 0 Å². The van der Waals surface area contributed by atoms with E-state index in [0.717, 1.165) is 10.0 Å². The number of rotatable bonds is 6. The van der Waals surface area contributed by atoms with Crippen LogP contribution in [-0.2, 0) is 16.8 Å². The van der Waals surface area contributed by atoms with Gasteiger partial charge in [0.25, 0.3) is 0 Å². The molecule has 0 aliphatic heterocycles. The van der Waals surface area contributed by atoms with Gasteiger partial charge in [0.1, 0.15) is 6.54 Å². The Kier molecular flexibility index (Phi) is 5.15. The van der Waals surface area contributed by atoms with Crippen molar-refractivity contribution >= 4 is 27.8 Å². The molecule has 0 spiro atoms. The number of carbonyl (C=O) groups is 2. The number of benzene rings is 1. The number of carboxylic acid groups (broad SMARTS) is 1. The summed E-state index contributed by atoms with van der Waals surface area (Å²) in [6, 6.07) is 7.86. The zero-order valence-electron chi connectivity index (χ0n) is 12.8. The minimum atomic E-state index is -1.17. The summed E-state index contributed by atoms with van der Waals surface area (Å²) in [6.07, 6.45) is 1.22. The Morgan fingerprint density at radius 3 is 2.65 bits per heavy atom. The summed E-state index contributed by atoms with van der Waals surface area (Å²) in [4.78, 5) is 22.7. The molecule has 0 saturated carbocycles. The SMILES string of the molecule is CC(C)(CNC(=O)Cn1cc(C(=O)O)nn1)c1ccccc1Br. The highest BCUT2D eigenvalue weighted by atomic mass is 79.9. The van der Waals surface area contributed by atoms with Gasteiger partial charge < -0.3 is 10.4 Å². The molecule has 0 atom stereocenters. The van der Waals surface area contributed by atoms with E-state index in [2.05, 4.69) is 31.6 Å². The van der Waals surface area contributed by atoms with Crippen molar-refractivity contribution in [1.82, 2.24) is 20.3 Å². The molecule has 2 N–H and O–H groups in total. The molecule has 2 rings (SSSR count). The van der Waals surface area contributed by atoms with Crippen molar-refractivity contribution in [3.8, 4) is 0 Å². The third kappa shape index (κ3) is 4.38. The number of carboxylic acids is 1. The summed E-state index contributed by atoms with van der Waals surface area (Å²) in [6.45, 7) is 4.43. The van der Waals surface area contributed by atoms with Gasteiger partial charge >= 0.3 is 5.97 Å². The molecule has 2 aromatic rings. The third-order valence-electron chi connectivity index (χ3n) is 3.39. The monoisotopic (exact) mass is 380 g/mol. The van der Waals surface area contributed by atoms with Crippen LogP contribution in [0.4, 0.5) is 0 Å². The highest BCUT2D eigenvalue weighted by Gasteiger charge is 2.23. The fraction of sp³-hybridized carbons (Fsp3) is 0.333. The summed E-state index contributed by atoms with van der Waals surface area (Å²) in [5.41, 5.74) is 0.644. The largest absolute Gasteiger partial charge is 0.476 e. The van der Waals surface area contributed by atoms with Crippen LogP contribution in [0.5, 0.6) is 0 Å². The van der Waals surface area contributed by atoms with Crippen molar-refractivity contribution in [2.45, 2.75) is 25.8 Å². The van der Waals surface area contributed by atoms with Gasteiger partial charge in [-0.2, -0.15) is 0 Å². The van der Waals surface area contributed by atoms with E-state index in [4.69, 9.17) is 5.11 Å². The lowest BCUT2D eigenvalue weighted by atomic mass is 9.84. The van der Waals surface area contributed by atoms with Crippen LogP contribution in [-0.4, -0.2) is 38.5 Å². The molecule has 122 valence electrons. The van der Waals surface area contributed by atoms with Crippen LogP contribution in [0.3, 0.4) is 0 Å². The van der Waals surface area contributed by atoms with Crippen LogP contribution in [0, 0.1) is 0 Å². The van der Waals surface area contributed by atoms with Crippen molar-refractivity contribution < 1.29 is 14.7 Å². The maximum atomic E-state index is 12.0. The molecule has 0 saturated heterocycles. The first-order chi connectivity index (χ1) is 10.8. The molecule has 0 aliphatic rings. The fourth-order valence-corrected chi connectivity index (χ4v) is 2.92. The van der Waals surface area contributed by atoms with Crippen LogP contribution in [0.25, 0.3) is 0 Å². The molecule has 0 bridgehead atoms. The van der Waals surface area contributed by atoms with E-state index in [9.17, 15) is 9.59 Å². The topological polar surface area (TPSA) is 97.1 Å². The lowest BCUT2D eigenvalue weighted by Crippen LogP contribution is -2.38. The Bertz CT molecular complexity index is 727. The maximum Gasteiger partial charge on any atom is 0.358 e. The number of amides is 1. The predicted octanol–water partition coefficient (Wildman–Crippen LogP) is 1.83. The van der Waals surface area contributed by atoms with Gasteiger partial charge in [-0.3, -0.25) is 4.79 Å². The molecule has 0 unspecified atom stereocenters. The number of carbonyl (C=O) groups excluding carboxylic acids is 1. The van der Waals surface area contributed by atoms with E-state index < -0.39 is 5.97 Å². The fourth-order valence-electron chi connectivity index (χ4n) is 2.10. The Hall–Kier alpha value is -2.22. The number of halogens is 1. The van der Waals surface area contributed by atoms with Gasteiger partial charge in [0.2, 0.25) is 5.91 Å². The molecular formula is C15H17BrN4O3. The summed E-state index contributed by atoms with van der Waals surface area (Å²) >= 11 is 3.52. The van der Waals surface area contributed by atoms with E-state index in [-0.39, 0.29) is 23.6 Å². The van der Waals surface area contributed by atoms with Crippen molar-refractivity contribution in [3.05, 3.63) is 46.2 Å². The number of nitrogens with zero attached hydrogens (tertiary/aromatic N) is 3. The Balaban J connectivity index is 1.95. The molecule has 0 fully saturated rings. The normalized spacial score (nSPS) is 11.3. The van der Waals surface area contributed by atoms with Crippen LogP contribution >= 0.6 is 15.9 Å². The first-order valence-electron chi connectivity index (χ1n) is 6.95. The smallest absolute Gasteiger partial charge is 0.358 e. The number of aromatic carboxylic acids is 1. The molecule has 8 heteroatoms. The predicted molar refractivity (Wildman–Crippen MR) is 87.2 cm³/mol. The van der Waals surface area contributed by atoms with E-state index in [1.807, 2.05) is 38.1 Å². The van der Waals surface area contributed by atoms with Crippen LogP contribution in [0.1, 0.15) is 29.9 Å². The molecule has 23 heavy (non-hydrogen) atoms. The quantitative estimate of drug-likeness (QED) is 0.796. The first kappa shape index (κ1) is 17.1. The van der Waals surface area contributed by atoms with Crippen molar-refractivity contribution in [3.63, 3.8) is 0 Å². The first-order valence-corrected chi connectivity index (χ1v) is 7.74. The lowest BCUT2D eigenvalue weighted by Gasteiger charge is -2.26. The molecule has 0 radical (unpaired) electrons. The molecule has 1 aromatic heterocycles. The lowest BCUT2D eigenvalue weighted by molar-refractivity contribution is -0.122. The highest BCUT2D eigenvalue weighted by molar-refractivity contribution is 9.10. The van der Waals surface area contributed by atoms with E-state index in [1.54, 1.807) is 0 Å². The summed E-state index contributed by atoms with van der Waals surface area (Å²) in [7, 11) is 0. The third-order valence-corrected chi connectivity index (χ3v) is 4.09. The van der Waals surface area contributed by atoms with E-state index >= 15 is 0 Å². The zero-order valence-corrected chi connectivity index (χ0v) is 14.4. The zero-order chi connectivity index (χ0) is 17.0. The van der Waals surface area contributed by atoms with Crippen molar-refractivity contribution in [1.29, 1.82) is 0 Å². The van der Waals surface area contributed by atoms with Crippen LogP contribution in [0.2, 0.25) is 0 Å². The molecule has 1 aromatic carbocycles. The second-order valence-corrected chi connectivity index (χ2v) is 6.60. The van der Waals surface area contributed by atoms with Crippen LogP contribution < -0.4 is 5.32 Å². The number of nitrogens with one attached hydrogen (secondary N) is 1. The van der Waals surface area contributed by atoms with Crippen LogP contribution in [0.15, 0.2) is 34.9 Å². The summed E-state index contributed by atoms with van der Waals surface area (Å²) in [5, 5.41) is 18.7. The minimum absolute atomic E-state index is 0.0771. The van der Waals surface area contributed by atoms with Gasteiger partial charge in [-0.25, -0.2) is 9.48 Å².